The number of rotatable bonds is 6. The Morgan fingerprint density at radius 3 is 2.77 bits per heavy atom. The Balaban J connectivity index is 1.54. The molecular formula is C21H23N3O4S2. The van der Waals surface area contributed by atoms with Gasteiger partial charge in [-0.25, -0.2) is 4.98 Å². The van der Waals surface area contributed by atoms with E-state index in [1.807, 2.05) is 13.0 Å². The Labute approximate surface area is 182 Å². The summed E-state index contributed by atoms with van der Waals surface area (Å²) in [5.41, 5.74) is 0.583. The second-order valence-electron chi connectivity index (χ2n) is 6.84. The van der Waals surface area contributed by atoms with Crippen LogP contribution in [0.1, 0.15) is 25.6 Å². The molecule has 0 saturated carbocycles. The van der Waals surface area contributed by atoms with Gasteiger partial charge in [0.2, 0.25) is 5.91 Å². The van der Waals surface area contributed by atoms with Gasteiger partial charge in [0, 0.05) is 23.2 Å². The van der Waals surface area contributed by atoms with Crippen molar-refractivity contribution in [2.75, 3.05) is 18.5 Å². The minimum Gasteiger partial charge on any atom is -0.486 e. The molecule has 0 aliphatic carbocycles. The molecular weight excluding hydrogens is 422 g/mol. The van der Waals surface area contributed by atoms with Gasteiger partial charge in [-0.2, -0.15) is 0 Å². The molecule has 0 saturated heterocycles. The molecule has 1 aliphatic rings. The lowest BCUT2D eigenvalue weighted by Crippen LogP contribution is -2.26. The van der Waals surface area contributed by atoms with Crippen molar-refractivity contribution in [1.29, 1.82) is 0 Å². The van der Waals surface area contributed by atoms with Crippen LogP contribution in [0, 0.1) is 0 Å². The van der Waals surface area contributed by atoms with Crippen molar-refractivity contribution in [2.45, 2.75) is 44.1 Å². The van der Waals surface area contributed by atoms with Crippen LogP contribution in [-0.4, -0.2) is 33.9 Å². The third-order valence-electron chi connectivity index (χ3n) is 4.79. The number of hydrogen-bond acceptors (Lipinski definition) is 7. The molecule has 1 atom stereocenters. The van der Waals surface area contributed by atoms with Crippen molar-refractivity contribution in [3.8, 4) is 11.5 Å². The van der Waals surface area contributed by atoms with Gasteiger partial charge in [-0.05, 0) is 38.5 Å². The van der Waals surface area contributed by atoms with E-state index in [4.69, 9.17) is 14.5 Å². The van der Waals surface area contributed by atoms with E-state index in [1.54, 1.807) is 29.7 Å². The fourth-order valence-corrected chi connectivity index (χ4v) is 5.15. The lowest BCUT2D eigenvalue weighted by atomic mass is 10.2. The minimum absolute atomic E-state index is 0.0552. The fraction of sp³-hybridized carbons (Fsp3) is 0.381. The maximum atomic E-state index is 12.9. The molecule has 1 N–H and O–H groups in total. The zero-order chi connectivity index (χ0) is 21.3. The largest absolute Gasteiger partial charge is 0.486 e. The predicted octanol–water partition coefficient (Wildman–Crippen LogP) is 3.93. The zero-order valence-electron chi connectivity index (χ0n) is 17.1. The normalized spacial score (nSPS) is 14.0. The standard InChI is InChI=1S/C21H23N3O4S2/c1-4-14-11-15-19(30-14)23-21(24(5-2)20(15)26)29-12(3)18(25)22-13-6-7-16-17(10-13)28-9-8-27-16/h6-7,10-12H,4-5,8-9H2,1-3H3,(H,22,25)/t12-/m1/s1. The lowest BCUT2D eigenvalue weighted by Gasteiger charge is -2.19. The Morgan fingerprint density at radius 1 is 1.27 bits per heavy atom. The second kappa shape index (κ2) is 8.69. The van der Waals surface area contributed by atoms with Crippen LogP contribution in [0.4, 0.5) is 5.69 Å². The summed E-state index contributed by atoms with van der Waals surface area (Å²) in [4.78, 5) is 32.2. The molecule has 0 bridgehead atoms. The number of carbonyl (C=O) groups excluding carboxylic acids is 1. The summed E-state index contributed by atoms with van der Waals surface area (Å²) in [5.74, 6) is 1.12. The van der Waals surface area contributed by atoms with Crippen LogP contribution in [-0.2, 0) is 17.8 Å². The van der Waals surface area contributed by atoms with Gasteiger partial charge >= 0.3 is 0 Å². The van der Waals surface area contributed by atoms with Crippen LogP contribution >= 0.6 is 23.1 Å². The molecule has 0 radical (unpaired) electrons. The van der Waals surface area contributed by atoms with Crippen LogP contribution in [0.15, 0.2) is 34.2 Å². The number of nitrogens with one attached hydrogen (secondary N) is 1. The quantitative estimate of drug-likeness (QED) is 0.457. The molecule has 30 heavy (non-hydrogen) atoms. The fourth-order valence-electron chi connectivity index (χ4n) is 3.17. The van der Waals surface area contributed by atoms with Crippen molar-refractivity contribution >= 4 is 44.9 Å². The number of thioether (sulfide) groups is 1. The van der Waals surface area contributed by atoms with Crippen LogP contribution in [0.5, 0.6) is 11.5 Å². The summed E-state index contributed by atoms with van der Waals surface area (Å²) in [7, 11) is 0. The molecule has 2 aromatic heterocycles. The smallest absolute Gasteiger partial charge is 0.262 e. The summed E-state index contributed by atoms with van der Waals surface area (Å²) in [5, 5.41) is 3.68. The Kier molecular flexibility index (Phi) is 6.01. The van der Waals surface area contributed by atoms with Crippen molar-refractivity contribution in [3.05, 3.63) is 39.5 Å². The lowest BCUT2D eigenvalue weighted by molar-refractivity contribution is -0.115. The van der Waals surface area contributed by atoms with E-state index in [1.165, 1.54) is 23.1 Å². The number of amides is 1. The maximum absolute atomic E-state index is 12.9. The van der Waals surface area contributed by atoms with E-state index in [0.717, 1.165) is 16.1 Å². The van der Waals surface area contributed by atoms with E-state index >= 15 is 0 Å². The van der Waals surface area contributed by atoms with Gasteiger partial charge in [0.25, 0.3) is 5.56 Å². The number of anilines is 1. The van der Waals surface area contributed by atoms with Gasteiger partial charge in [0.1, 0.15) is 18.0 Å². The highest BCUT2D eigenvalue weighted by molar-refractivity contribution is 8.00. The first-order valence-corrected chi connectivity index (χ1v) is 11.6. The summed E-state index contributed by atoms with van der Waals surface area (Å²) < 4.78 is 12.7. The van der Waals surface area contributed by atoms with Gasteiger partial charge in [0.15, 0.2) is 16.7 Å². The molecule has 3 heterocycles. The number of nitrogens with zero attached hydrogens (tertiary/aromatic N) is 2. The first kappa shape index (κ1) is 20.7. The number of thiophene rings is 1. The third kappa shape index (κ3) is 4.04. The highest BCUT2D eigenvalue weighted by Gasteiger charge is 2.21. The zero-order valence-corrected chi connectivity index (χ0v) is 18.7. The molecule has 9 heteroatoms. The van der Waals surface area contributed by atoms with E-state index in [9.17, 15) is 9.59 Å². The van der Waals surface area contributed by atoms with Gasteiger partial charge in [-0.15, -0.1) is 11.3 Å². The number of aryl methyl sites for hydroxylation is 1. The molecule has 3 aromatic rings. The van der Waals surface area contributed by atoms with Crippen molar-refractivity contribution in [2.24, 2.45) is 0 Å². The van der Waals surface area contributed by atoms with Crippen LogP contribution < -0.4 is 20.3 Å². The minimum atomic E-state index is -0.439. The maximum Gasteiger partial charge on any atom is 0.262 e. The number of hydrogen-bond donors (Lipinski definition) is 1. The molecule has 1 amide bonds. The van der Waals surface area contributed by atoms with Crippen molar-refractivity contribution in [1.82, 2.24) is 9.55 Å². The number of benzene rings is 1. The van der Waals surface area contributed by atoms with Gasteiger partial charge in [-0.3, -0.25) is 14.2 Å². The number of aromatic nitrogens is 2. The van der Waals surface area contributed by atoms with Crippen LogP contribution in [0.3, 0.4) is 0 Å². The Morgan fingerprint density at radius 2 is 2.03 bits per heavy atom. The highest BCUT2D eigenvalue weighted by Crippen LogP contribution is 2.33. The second-order valence-corrected chi connectivity index (χ2v) is 9.26. The highest BCUT2D eigenvalue weighted by atomic mass is 32.2. The molecule has 0 fully saturated rings. The molecule has 7 nitrogen and oxygen atoms in total. The van der Waals surface area contributed by atoms with Crippen molar-refractivity contribution in [3.63, 3.8) is 0 Å². The molecule has 0 unspecified atom stereocenters. The molecule has 1 aliphatic heterocycles. The summed E-state index contributed by atoms with van der Waals surface area (Å²) in [6.45, 7) is 7.28. The Bertz CT molecular complexity index is 1160. The van der Waals surface area contributed by atoms with E-state index in [0.29, 0.717) is 47.5 Å². The van der Waals surface area contributed by atoms with Gasteiger partial charge in [0.05, 0.1) is 10.6 Å². The Hall–Kier alpha value is -2.52. The average Bonchev–Trinajstić information content (AvgIpc) is 3.17. The van der Waals surface area contributed by atoms with Crippen LogP contribution in [0.2, 0.25) is 0 Å². The molecule has 0 spiro atoms. The summed E-state index contributed by atoms with van der Waals surface area (Å²) >= 11 is 2.82. The molecule has 1 aromatic carbocycles. The number of ether oxygens (including phenoxy) is 2. The monoisotopic (exact) mass is 445 g/mol. The third-order valence-corrected chi connectivity index (χ3v) is 7.06. The van der Waals surface area contributed by atoms with E-state index < -0.39 is 5.25 Å². The predicted molar refractivity (Wildman–Crippen MR) is 120 cm³/mol. The average molecular weight is 446 g/mol. The topological polar surface area (TPSA) is 82.5 Å². The van der Waals surface area contributed by atoms with E-state index in [2.05, 4.69) is 12.2 Å². The SMILES string of the molecule is CCc1cc2c(=O)n(CC)c(S[C@H](C)C(=O)Nc3ccc4c(c3)OCCO4)nc2s1. The summed E-state index contributed by atoms with van der Waals surface area (Å²) in [6.07, 6.45) is 0.864. The van der Waals surface area contributed by atoms with Gasteiger partial charge < -0.3 is 14.8 Å². The van der Waals surface area contributed by atoms with Crippen LogP contribution in [0.25, 0.3) is 10.2 Å². The number of carbonyl (C=O) groups is 1. The molecule has 158 valence electrons. The van der Waals surface area contributed by atoms with E-state index in [-0.39, 0.29) is 11.5 Å². The summed E-state index contributed by atoms with van der Waals surface area (Å²) in [6, 6.07) is 7.25. The first-order valence-electron chi connectivity index (χ1n) is 9.90. The number of fused-ring (bicyclic) bond motifs is 2. The van der Waals surface area contributed by atoms with Crippen molar-refractivity contribution < 1.29 is 14.3 Å². The van der Waals surface area contributed by atoms with Gasteiger partial charge in [-0.1, -0.05) is 18.7 Å². The molecule has 4 rings (SSSR count). The first-order chi connectivity index (χ1) is 14.5.